The Balaban J connectivity index is 1.75. The van der Waals surface area contributed by atoms with Gasteiger partial charge in [-0.1, -0.05) is 24.3 Å². The standard InChI is InChI=1S/C22H22N2O5/c1-29-15-12-10-14(11-13-15)23-21(26)18-8-4-5-9-19(18)24-20(25)16-6-2-3-7-17(16)22(27)28/h2-5,8-13,16-17H,6-7H2,1H3,(H,23,26)(H,24,25)(H,27,28)/t16-,17-/m1/s1. The first-order chi connectivity index (χ1) is 14.0. The molecule has 0 aromatic heterocycles. The number of amides is 2. The first-order valence-electron chi connectivity index (χ1n) is 9.22. The number of anilines is 2. The second kappa shape index (κ2) is 9.05. The van der Waals surface area contributed by atoms with Gasteiger partial charge in [0.1, 0.15) is 5.75 Å². The van der Waals surface area contributed by atoms with Gasteiger partial charge in [-0.3, -0.25) is 14.4 Å². The van der Waals surface area contributed by atoms with Crippen molar-refractivity contribution in [2.45, 2.75) is 12.8 Å². The Morgan fingerprint density at radius 3 is 2.24 bits per heavy atom. The number of carboxylic acid groups (broad SMARTS) is 1. The van der Waals surface area contributed by atoms with Crippen LogP contribution in [0.4, 0.5) is 11.4 Å². The minimum absolute atomic E-state index is 0.287. The summed E-state index contributed by atoms with van der Waals surface area (Å²) in [6.45, 7) is 0. The Kier molecular flexibility index (Phi) is 6.29. The number of carbonyl (C=O) groups excluding carboxylic acids is 2. The van der Waals surface area contributed by atoms with E-state index in [1.807, 2.05) is 6.08 Å². The highest BCUT2D eigenvalue weighted by Gasteiger charge is 2.34. The van der Waals surface area contributed by atoms with Crippen molar-refractivity contribution in [2.75, 3.05) is 17.7 Å². The molecule has 3 rings (SSSR count). The fourth-order valence-electron chi connectivity index (χ4n) is 3.27. The first kappa shape index (κ1) is 20.1. The zero-order valence-corrected chi connectivity index (χ0v) is 15.9. The van der Waals surface area contributed by atoms with Gasteiger partial charge in [0.25, 0.3) is 5.91 Å². The summed E-state index contributed by atoms with van der Waals surface area (Å²) in [5.41, 5.74) is 1.21. The molecule has 3 N–H and O–H groups in total. The van der Waals surface area contributed by atoms with Crippen LogP contribution in [0, 0.1) is 11.8 Å². The number of hydrogen-bond donors (Lipinski definition) is 3. The molecule has 1 aliphatic rings. The van der Waals surface area contributed by atoms with Crippen molar-refractivity contribution in [3.05, 3.63) is 66.2 Å². The second-order valence-corrected chi connectivity index (χ2v) is 6.71. The second-order valence-electron chi connectivity index (χ2n) is 6.71. The maximum Gasteiger partial charge on any atom is 0.307 e. The third-order valence-corrected chi connectivity index (χ3v) is 4.86. The van der Waals surface area contributed by atoms with Crippen LogP contribution in [0.2, 0.25) is 0 Å². The highest BCUT2D eigenvalue weighted by atomic mass is 16.5. The number of hydrogen-bond acceptors (Lipinski definition) is 4. The van der Waals surface area contributed by atoms with E-state index in [9.17, 15) is 19.5 Å². The van der Waals surface area contributed by atoms with E-state index in [4.69, 9.17) is 4.74 Å². The van der Waals surface area contributed by atoms with Gasteiger partial charge < -0.3 is 20.5 Å². The van der Waals surface area contributed by atoms with Crippen LogP contribution in [-0.2, 0) is 9.59 Å². The number of nitrogens with one attached hydrogen (secondary N) is 2. The van der Waals surface area contributed by atoms with Crippen LogP contribution in [0.25, 0.3) is 0 Å². The van der Waals surface area contributed by atoms with E-state index in [1.165, 1.54) is 0 Å². The monoisotopic (exact) mass is 394 g/mol. The van der Waals surface area contributed by atoms with Gasteiger partial charge in [-0.05, 0) is 49.2 Å². The molecule has 2 amide bonds. The summed E-state index contributed by atoms with van der Waals surface area (Å²) >= 11 is 0. The molecule has 2 aromatic rings. The molecule has 0 heterocycles. The summed E-state index contributed by atoms with van der Waals surface area (Å²) in [6, 6.07) is 13.5. The predicted molar refractivity (Wildman–Crippen MR) is 109 cm³/mol. The van der Waals surface area contributed by atoms with Crippen molar-refractivity contribution in [1.82, 2.24) is 0 Å². The summed E-state index contributed by atoms with van der Waals surface area (Å²) in [5.74, 6) is -2.59. The molecule has 29 heavy (non-hydrogen) atoms. The number of allylic oxidation sites excluding steroid dienone is 2. The molecule has 0 saturated carbocycles. The molecule has 2 aromatic carbocycles. The number of rotatable bonds is 6. The zero-order valence-electron chi connectivity index (χ0n) is 15.9. The number of carbonyl (C=O) groups is 3. The van der Waals surface area contributed by atoms with Gasteiger partial charge in [-0.25, -0.2) is 0 Å². The molecule has 0 radical (unpaired) electrons. The highest BCUT2D eigenvalue weighted by molar-refractivity contribution is 6.10. The van der Waals surface area contributed by atoms with Crippen LogP contribution in [0.1, 0.15) is 23.2 Å². The van der Waals surface area contributed by atoms with Crippen molar-refractivity contribution in [1.29, 1.82) is 0 Å². The largest absolute Gasteiger partial charge is 0.497 e. The maximum atomic E-state index is 12.7. The van der Waals surface area contributed by atoms with Gasteiger partial charge in [-0.15, -0.1) is 0 Å². The van der Waals surface area contributed by atoms with Gasteiger partial charge in [0.15, 0.2) is 0 Å². The Morgan fingerprint density at radius 2 is 1.59 bits per heavy atom. The number of benzene rings is 2. The van der Waals surface area contributed by atoms with E-state index in [2.05, 4.69) is 10.6 Å². The third-order valence-electron chi connectivity index (χ3n) is 4.86. The number of ether oxygens (including phenoxy) is 1. The fraction of sp³-hybridized carbons (Fsp3) is 0.227. The van der Waals surface area contributed by atoms with E-state index in [0.29, 0.717) is 30.0 Å². The van der Waals surface area contributed by atoms with Gasteiger partial charge >= 0.3 is 5.97 Å². The van der Waals surface area contributed by atoms with Crippen molar-refractivity contribution < 1.29 is 24.2 Å². The molecular formula is C22H22N2O5. The van der Waals surface area contributed by atoms with E-state index in [1.54, 1.807) is 61.7 Å². The van der Waals surface area contributed by atoms with Crippen molar-refractivity contribution >= 4 is 29.2 Å². The molecule has 2 atom stereocenters. The summed E-state index contributed by atoms with van der Waals surface area (Å²) in [4.78, 5) is 36.9. The number of para-hydroxylation sites is 1. The van der Waals surface area contributed by atoms with Crippen molar-refractivity contribution in [2.24, 2.45) is 11.8 Å². The van der Waals surface area contributed by atoms with Crippen LogP contribution < -0.4 is 15.4 Å². The average Bonchev–Trinajstić information content (AvgIpc) is 2.74. The lowest BCUT2D eigenvalue weighted by atomic mass is 9.82. The van der Waals surface area contributed by atoms with Crippen LogP contribution in [0.5, 0.6) is 5.75 Å². The lowest BCUT2D eigenvalue weighted by Gasteiger charge is -2.24. The smallest absolute Gasteiger partial charge is 0.307 e. The Labute approximate surface area is 168 Å². The SMILES string of the molecule is COc1ccc(NC(=O)c2ccccc2NC(=O)[C@@H]2CC=CC[C@H]2C(=O)O)cc1. The van der Waals surface area contributed by atoms with Crippen molar-refractivity contribution in [3.8, 4) is 5.75 Å². The molecule has 0 bridgehead atoms. The summed E-state index contributed by atoms with van der Waals surface area (Å²) in [5, 5.41) is 14.9. The van der Waals surface area contributed by atoms with E-state index in [-0.39, 0.29) is 11.5 Å². The lowest BCUT2D eigenvalue weighted by Crippen LogP contribution is -2.35. The van der Waals surface area contributed by atoms with Gasteiger partial charge in [0.2, 0.25) is 5.91 Å². The topological polar surface area (TPSA) is 105 Å². The molecular weight excluding hydrogens is 372 g/mol. The van der Waals surface area contributed by atoms with Crippen LogP contribution in [0.3, 0.4) is 0 Å². The van der Waals surface area contributed by atoms with E-state index >= 15 is 0 Å². The van der Waals surface area contributed by atoms with Gasteiger partial charge in [0.05, 0.1) is 30.2 Å². The Bertz CT molecular complexity index is 936. The summed E-state index contributed by atoms with van der Waals surface area (Å²) < 4.78 is 5.10. The molecule has 0 saturated heterocycles. The molecule has 7 heteroatoms. The fourth-order valence-corrected chi connectivity index (χ4v) is 3.27. The van der Waals surface area contributed by atoms with Crippen molar-refractivity contribution in [3.63, 3.8) is 0 Å². The minimum Gasteiger partial charge on any atom is -0.497 e. The molecule has 7 nitrogen and oxygen atoms in total. The predicted octanol–water partition coefficient (Wildman–Crippen LogP) is 3.55. The van der Waals surface area contributed by atoms with Gasteiger partial charge in [-0.2, -0.15) is 0 Å². The number of carboxylic acids is 1. The average molecular weight is 394 g/mol. The van der Waals surface area contributed by atoms with Crippen LogP contribution in [0.15, 0.2) is 60.7 Å². The molecule has 0 spiro atoms. The molecule has 1 aliphatic carbocycles. The van der Waals surface area contributed by atoms with Gasteiger partial charge in [0, 0.05) is 5.69 Å². The lowest BCUT2D eigenvalue weighted by molar-refractivity contribution is -0.146. The molecule has 0 aliphatic heterocycles. The molecule has 0 unspecified atom stereocenters. The summed E-state index contributed by atoms with van der Waals surface area (Å²) in [6.07, 6.45) is 4.25. The van der Waals surface area contributed by atoms with E-state index in [0.717, 1.165) is 0 Å². The first-order valence-corrected chi connectivity index (χ1v) is 9.22. The number of methoxy groups -OCH3 is 1. The maximum absolute atomic E-state index is 12.7. The molecule has 150 valence electrons. The highest BCUT2D eigenvalue weighted by Crippen LogP contribution is 2.28. The van der Waals surface area contributed by atoms with E-state index < -0.39 is 23.7 Å². The third kappa shape index (κ3) is 4.82. The normalized spacial score (nSPS) is 18.0. The summed E-state index contributed by atoms with van der Waals surface area (Å²) in [7, 11) is 1.56. The molecule has 0 fully saturated rings. The minimum atomic E-state index is -1.000. The zero-order chi connectivity index (χ0) is 20.8. The Hall–Kier alpha value is -3.61. The van der Waals surface area contributed by atoms with Crippen LogP contribution >= 0.6 is 0 Å². The van der Waals surface area contributed by atoms with Crippen LogP contribution in [-0.4, -0.2) is 30.0 Å². The quantitative estimate of drug-likeness (QED) is 0.650. The Morgan fingerprint density at radius 1 is 0.931 bits per heavy atom. The number of aliphatic carboxylic acids is 1.